The van der Waals surface area contributed by atoms with Gasteiger partial charge in [-0.15, -0.1) is 0 Å². The molecule has 2 aromatic rings. The minimum absolute atomic E-state index is 0.156. The van der Waals surface area contributed by atoms with E-state index in [1.807, 2.05) is 25.1 Å². The molecule has 6 nitrogen and oxygen atoms in total. The molecule has 2 heterocycles. The van der Waals surface area contributed by atoms with Crippen LogP contribution in [0.2, 0.25) is 10.0 Å². The van der Waals surface area contributed by atoms with Gasteiger partial charge < -0.3 is 15.1 Å². The molecule has 1 aliphatic heterocycles. The molecular formula is C17H19Cl2N5O. The van der Waals surface area contributed by atoms with Gasteiger partial charge in [0, 0.05) is 32.2 Å². The van der Waals surface area contributed by atoms with E-state index < -0.39 is 5.91 Å². The van der Waals surface area contributed by atoms with Crippen molar-refractivity contribution in [2.75, 3.05) is 42.3 Å². The van der Waals surface area contributed by atoms with Crippen LogP contribution in [0.1, 0.15) is 23.3 Å². The Morgan fingerprint density at radius 2 is 1.96 bits per heavy atom. The van der Waals surface area contributed by atoms with Crippen LogP contribution >= 0.6 is 23.2 Å². The van der Waals surface area contributed by atoms with Gasteiger partial charge in [-0.2, -0.15) is 0 Å². The molecule has 0 unspecified atom stereocenters. The summed E-state index contributed by atoms with van der Waals surface area (Å²) in [4.78, 5) is 25.3. The maximum Gasteiger partial charge on any atom is 0.276 e. The molecule has 3 rings (SSSR count). The first kappa shape index (κ1) is 17.8. The first-order valence-corrected chi connectivity index (χ1v) is 8.77. The fourth-order valence-corrected chi connectivity index (χ4v) is 3.12. The Morgan fingerprint density at radius 1 is 1.24 bits per heavy atom. The van der Waals surface area contributed by atoms with Gasteiger partial charge in [0.15, 0.2) is 5.69 Å². The van der Waals surface area contributed by atoms with Crippen LogP contribution in [0.3, 0.4) is 0 Å². The van der Waals surface area contributed by atoms with Gasteiger partial charge in [0.05, 0.1) is 22.6 Å². The molecule has 1 saturated heterocycles. The number of rotatable bonds is 4. The number of amides is 1. The first-order valence-electron chi connectivity index (χ1n) is 8.01. The van der Waals surface area contributed by atoms with Crippen LogP contribution < -0.4 is 15.1 Å². The van der Waals surface area contributed by atoms with Gasteiger partial charge in [0.25, 0.3) is 5.91 Å². The Labute approximate surface area is 156 Å². The maximum atomic E-state index is 12.7. The van der Waals surface area contributed by atoms with E-state index in [1.165, 1.54) is 6.20 Å². The van der Waals surface area contributed by atoms with E-state index in [1.54, 1.807) is 12.1 Å². The third-order valence-electron chi connectivity index (χ3n) is 4.02. The second-order valence-corrected chi connectivity index (χ2v) is 6.91. The summed E-state index contributed by atoms with van der Waals surface area (Å²) < 4.78 is 0. The number of hydrogen-bond donors (Lipinski definition) is 1. The average Bonchev–Trinajstić information content (AvgIpc) is 3.09. The summed E-state index contributed by atoms with van der Waals surface area (Å²) in [5, 5.41) is 3.60. The molecule has 132 valence electrons. The van der Waals surface area contributed by atoms with Crippen molar-refractivity contribution in [3.63, 3.8) is 0 Å². The summed E-state index contributed by atoms with van der Waals surface area (Å²) in [5.41, 5.74) is 1.59. The number of nitrogens with one attached hydrogen (secondary N) is 1. The van der Waals surface area contributed by atoms with Crippen LogP contribution in [0.5, 0.6) is 0 Å². The van der Waals surface area contributed by atoms with Gasteiger partial charge in [-0.3, -0.25) is 4.79 Å². The normalized spacial score (nSPS) is 13.8. The zero-order valence-electron chi connectivity index (χ0n) is 14.1. The van der Waals surface area contributed by atoms with E-state index in [4.69, 9.17) is 23.2 Å². The largest absolute Gasteiger partial charge is 0.376 e. The molecule has 0 radical (unpaired) electrons. The third-order valence-corrected chi connectivity index (χ3v) is 4.54. The topological polar surface area (TPSA) is 61.4 Å². The summed E-state index contributed by atoms with van der Waals surface area (Å²) in [7, 11) is 3.78. The fourth-order valence-electron chi connectivity index (χ4n) is 2.77. The Balaban J connectivity index is 1.89. The van der Waals surface area contributed by atoms with E-state index in [0.717, 1.165) is 31.6 Å². The predicted octanol–water partition coefficient (Wildman–Crippen LogP) is 3.70. The first-order chi connectivity index (χ1) is 12.0. The molecule has 1 N–H and O–H groups in total. The molecule has 0 atom stereocenters. The number of hydrogen-bond acceptors (Lipinski definition) is 5. The molecule has 0 bridgehead atoms. The minimum Gasteiger partial charge on any atom is -0.376 e. The minimum atomic E-state index is -0.391. The lowest BCUT2D eigenvalue weighted by molar-refractivity contribution is 0.102. The Hall–Kier alpha value is -2.05. The standard InChI is InChI=1S/C17H19Cl2N5O/c1-23(2)14-6-5-11(18)9-13(14)21-16(25)15-12(19)10-20-17(22-15)24-7-3-4-8-24/h5-6,9-10H,3-4,7-8H2,1-2H3,(H,21,25). The Morgan fingerprint density at radius 3 is 2.64 bits per heavy atom. The monoisotopic (exact) mass is 379 g/mol. The fraction of sp³-hybridized carbons (Fsp3) is 0.353. The molecular weight excluding hydrogens is 361 g/mol. The van der Waals surface area contributed by atoms with Crippen molar-refractivity contribution in [2.45, 2.75) is 12.8 Å². The zero-order valence-corrected chi connectivity index (χ0v) is 15.6. The van der Waals surface area contributed by atoms with E-state index >= 15 is 0 Å². The molecule has 1 fully saturated rings. The van der Waals surface area contributed by atoms with E-state index in [0.29, 0.717) is 16.7 Å². The van der Waals surface area contributed by atoms with Crippen molar-refractivity contribution in [1.29, 1.82) is 0 Å². The Bertz CT molecular complexity index is 791. The molecule has 25 heavy (non-hydrogen) atoms. The van der Waals surface area contributed by atoms with Crippen molar-refractivity contribution in [3.05, 3.63) is 40.1 Å². The quantitative estimate of drug-likeness (QED) is 0.877. The van der Waals surface area contributed by atoms with E-state index in [9.17, 15) is 4.79 Å². The highest BCUT2D eigenvalue weighted by Crippen LogP contribution is 2.29. The number of carbonyl (C=O) groups excluding carboxylic acids is 1. The van der Waals surface area contributed by atoms with Crippen molar-refractivity contribution in [2.24, 2.45) is 0 Å². The average molecular weight is 380 g/mol. The number of halogens is 2. The summed E-state index contributed by atoms with van der Waals surface area (Å²) >= 11 is 12.2. The number of anilines is 3. The lowest BCUT2D eigenvalue weighted by atomic mass is 10.2. The van der Waals surface area contributed by atoms with Gasteiger partial charge in [-0.25, -0.2) is 9.97 Å². The van der Waals surface area contributed by atoms with Gasteiger partial charge in [0.2, 0.25) is 5.95 Å². The highest BCUT2D eigenvalue weighted by molar-refractivity contribution is 6.34. The van der Waals surface area contributed by atoms with Gasteiger partial charge in [-0.05, 0) is 31.0 Å². The maximum absolute atomic E-state index is 12.7. The molecule has 0 aliphatic carbocycles. The molecule has 0 spiro atoms. The van der Waals surface area contributed by atoms with Crippen LogP contribution in [-0.2, 0) is 0 Å². The zero-order chi connectivity index (χ0) is 18.0. The van der Waals surface area contributed by atoms with Crippen molar-refractivity contribution < 1.29 is 4.79 Å². The summed E-state index contributed by atoms with van der Waals surface area (Å²) in [6, 6.07) is 5.32. The Kier molecular flexibility index (Phi) is 5.30. The molecule has 8 heteroatoms. The highest BCUT2D eigenvalue weighted by atomic mass is 35.5. The van der Waals surface area contributed by atoms with Crippen LogP contribution in [0.25, 0.3) is 0 Å². The number of aromatic nitrogens is 2. The van der Waals surface area contributed by atoms with Crippen LogP contribution in [0.4, 0.5) is 17.3 Å². The second-order valence-electron chi connectivity index (χ2n) is 6.07. The molecule has 1 aromatic carbocycles. The highest BCUT2D eigenvalue weighted by Gasteiger charge is 2.20. The predicted molar refractivity (Wildman–Crippen MR) is 102 cm³/mol. The molecule has 0 saturated carbocycles. The van der Waals surface area contributed by atoms with Crippen LogP contribution in [0, 0.1) is 0 Å². The third kappa shape index (κ3) is 3.96. The molecule has 1 aliphatic rings. The second kappa shape index (κ2) is 7.45. The molecule has 1 aromatic heterocycles. The summed E-state index contributed by atoms with van der Waals surface area (Å²) in [6.07, 6.45) is 3.67. The molecule has 1 amide bonds. The number of carbonyl (C=O) groups is 1. The SMILES string of the molecule is CN(C)c1ccc(Cl)cc1NC(=O)c1nc(N2CCCC2)ncc1Cl. The van der Waals surface area contributed by atoms with Crippen molar-refractivity contribution in [1.82, 2.24) is 9.97 Å². The summed E-state index contributed by atoms with van der Waals surface area (Å²) in [5.74, 6) is 0.143. The number of benzene rings is 1. The smallest absolute Gasteiger partial charge is 0.276 e. The lowest BCUT2D eigenvalue weighted by Crippen LogP contribution is -2.23. The van der Waals surface area contributed by atoms with Crippen molar-refractivity contribution in [3.8, 4) is 0 Å². The van der Waals surface area contributed by atoms with Crippen LogP contribution in [0.15, 0.2) is 24.4 Å². The van der Waals surface area contributed by atoms with E-state index in [-0.39, 0.29) is 10.7 Å². The van der Waals surface area contributed by atoms with Gasteiger partial charge in [-0.1, -0.05) is 23.2 Å². The lowest BCUT2D eigenvalue weighted by Gasteiger charge is -2.19. The van der Waals surface area contributed by atoms with E-state index in [2.05, 4.69) is 20.2 Å². The van der Waals surface area contributed by atoms with Gasteiger partial charge >= 0.3 is 0 Å². The number of nitrogens with zero attached hydrogens (tertiary/aromatic N) is 4. The van der Waals surface area contributed by atoms with Crippen LogP contribution in [-0.4, -0.2) is 43.1 Å². The van der Waals surface area contributed by atoms with Crippen molar-refractivity contribution >= 4 is 46.4 Å². The van der Waals surface area contributed by atoms with Gasteiger partial charge in [0.1, 0.15) is 0 Å². The summed E-state index contributed by atoms with van der Waals surface area (Å²) in [6.45, 7) is 1.78.